The van der Waals surface area contributed by atoms with Crippen LogP contribution in [0.15, 0.2) is 24.3 Å². The molecule has 0 atom stereocenters. The van der Waals surface area contributed by atoms with Crippen LogP contribution in [-0.2, 0) is 16.1 Å². The summed E-state index contributed by atoms with van der Waals surface area (Å²) in [4.78, 5) is 11.5. The van der Waals surface area contributed by atoms with Crippen LogP contribution in [0.3, 0.4) is 0 Å². The molecule has 0 unspecified atom stereocenters. The largest absolute Gasteiger partial charge is 0.378 e. The number of nitrogens with one attached hydrogen (secondary N) is 1. The Morgan fingerprint density at radius 2 is 1.94 bits per heavy atom. The predicted molar refractivity (Wildman–Crippen MR) is 75.9 cm³/mol. The summed E-state index contributed by atoms with van der Waals surface area (Å²) in [5.41, 5.74) is 7.33. The highest BCUT2D eigenvalue weighted by Crippen LogP contribution is 2.09. The lowest BCUT2D eigenvalue weighted by Gasteiger charge is -2.08. The van der Waals surface area contributed by atoms with Gasteiger partial charge in [-0.25, -0.2) is 0 Å². The van der Waals surface area contributed by atoms with Gasteiger partial charge in [0.15, 0.2) is 0 Å². The summed E-state index contributed by atoms with van der Waals surface area (Å²) in [6, 6.07) is 7.51. The number of ether oxygens (including phenoxy) is 1. The fourth-order valence-electron chi connectivity index (χ4n) is 1.33. The van der Waals surface area contributed by atoms with Crippen LogP contribution in [0.4, 0.5) is 5.69 Å². The molecule has 4 nitrogen and oxygen atoms in total. The predicted octanol–water partition coefficient (Wildman–Crippen LogP) is 2.32. The first kappa shape index (κ1) is 16.9. The molecule has 3 N–H and O–H groups in total. The standard InChI is InChI=1S/C13H20N2O2.ClH/c1-10(2)17-8-7-13(16)15-12-5-3-11(9-14)4-6-12;/h3-6,10H,7-9,14H2,1-2H3,(H,15,16);1H. The van der Waals surface area contributed by atoms with Crippen molar-refractivity contribution in [3.8, 4) is 0 Å². The Hall–Kier alpha value is -1.10. The first-order valence-electron chi connectivity index (χ1n) is 5.82. The molecule has 0 bridgehead atoms. The lowest BCUT2D eigenvalue weighted by molar-refractivity contribution is -0.117. The summed E-state index contributed by atoms with van der Waals surface area (Å²) < 4.78 is 5.31. The van der Waals surface area contributed by atoms with E-state index in [9.17, 15) is 4.79 Å². The van der Waals surface area contributed by atoms with Crippen molar-refractivity contribution in [1.29, 1.82) is 0 Å². The maximum atomic E-state index is 11.5. The van der Waals surface area contributed by atoms with Gasteiger partial charge in [0.05, 0.1) is 19.1 Å². The molecule has 0 aromatic heterocycles. The number of hydrogen-bond donors (Lipinski definition) is 2. The molecule has 102 valence electrons. The van der Waals surface area contributed by atoms with Gasteiger partial charge in [-0.15, -0.1) is 12.4 Å². The monoisotopic (exact) mass is 272 g/mol. The summed E-state index contributed by atoms with van der Waals surface area (Å²) in [7, 11) is 0. The maximum absolute atomic E-state index is 11.5. The van der Waals surface area contributed by atoms with E-state index in [4.69, 9.17) is 10.5 Å². The first-order chi connectivity index (χ1) is 8.11. The fraction of sp³-hybridized carbons (Fsp3) is 0.462. The number of hydrogen-bond acceptors (Lipinski definition) is 3. The molecule has 0 radical (unpaired) electrons. The summed E-state index contributed by atoms with van der Waals surface area (Å²) in [5.74, 6) is -0.0360. The van der Waals surface area contributed by atoms with Gasteiger partial charge in [-0.1, -0.05) is 12.1 Å². The molecule has 0 saturated heterocycles. The van der Waals surface area contributed by atoms with E-state index in [0.717, 1.165) is 11.3 Å². The van der Waals surface area contributed by atoms with Crippen LogP contribution in [0.25, 0.3) is 0 Å². The van der Waals surface area contributed by atoms with Crippen molar-refractivity contribution in [3.63, 3.8) is 0 Å². The van der Waals surface area contributed by atoms with Crippen LogP contribution in [0.5, 0.6) is 0 Å². The van der Waals surface area contributed by atoms with Crippen LogP contribution in [0.1, 0.15) is 25.8 Å². The highest BCUT2D eigenvalue weighted by Gasteiger charge is 2.03. The van der Waals surface area contributed by atoms with E-state index in [2.05, 4.69) is 5.32 Å². The fourth-order valence-corrected chi connectivity index (χ4v) is 1.33. The van der Waals surface area contributed by atoms with Gasteiger partial charge < -0.3 is 15.8 Å². The average Bonchev–Trinajstić information content (AvgIpc) is 2.29. The average molecular weight is 273 g/mol. The minimum Gasteiger partial charge on any atom is -0.378 e. The smallest absolute Gasteiger partial charge is 0.226 e. The SMILES string of the molecule is CC(C)OCCC(=O)Nc1ccc(CN)cc1.Cl. The van der Waals surface area contributed by atoms with Gasteiger partial charge in [0, 0.05) is 12.2 Å². The quantitative estimate of drug-likeness (QED) is 0.835. The zero-order valence-corrected chi connectivity index (χ0v) is 11.6. The van der Waals surface area contributed by atoms with Gasteiger partial charge >= 0.3 is 0 Å². The van der Waals surface area contributed by atoms with Crippen molar-refractivity contribution >= 4 is 24.0 Å². The number of carbonyl (C=O) groups is 1. The lowest BCUT2D eigenvalue weighted by atomic mass is 10.2. The molecule has 0 fully saturated rings. The van der Waals surface area contributed by atoms with Crippen LogP contribution in [0, 0.1) is 0 Å². The van der Waals surface area contributed by atoms with Crippen molar-refractivity contribution in [3.05, 3.63) is 29.8 Å². The number of halogens is 1. The number of amides is 1. The Morgan fingerprint density at radius 1 is 1.33 bits per heavy atom. The van der Waals surface area contributed by atoms with E-state index in [1.54, 1.807) is 0 Å². The van der Waals surface area contributed by atoms with Crippen LogP contribution in [-0.4, -0.2) is 18.6 Å². The molecular formula is C13H21ClN2O2. The number of nitrogens with two attached hydrogens (primary N) is 1. The molecule has 0 spiro atoms. The molecule has 5 heteroatoms. The van der Waals surface area contributed by atoms with Crippen molar-refractivity contribution in [2.45, 2.75) is 32.9 Å². The zero-order chi connectivity index (χ0) is 12.7. The second kappa shape index (κ2) is 8.91. The van der Waals surface area contributed by atoms with Gasteiger partial charge in [-0.3, -0.25) is 4.79 Å². The second-order valence-corrected chi connectivity index (χ2v) is 4.12. The van der Waals surface area contributed by atoms with Crippen LogP contribution >= 0.6 is 12.4 Å². The van der Waals surface area contributed by atoms with Gasteiger partial charge in [-0.05, 0) is 31.5 Å². The van der Waals surface area contributed by atoms with Crippen molar-refractivity contribution in [2.75, 3.05) is 11.9 Å². The van der Waals surface area contributed by atoms with E-state index in [-0.39, 0.29) is 24.4 Å². The van der Waals surface area contributed by atoms with Gasteiger partial charge in [0.25, 0.3) is 0 Å². The van der Waals surface area contributed by atoms with E-state index in [0.29, 0.717) is 19.6 Å². The van der Waals surface area contributed by atoms with E-state index >= 15 is 0 Å². The maximum Gasteiger partial charge on any atom is 0.226 e. The molecule has 1 amide bonds. The van der Waals surface area contributed by atoms with Crippen molar-refractivity contribution in [1.82, 2.24) is 0 Å². The molecule has 0 aliphatic heterocycles. The lowest BCUT2D eigenvalue weighted by Crippen LogP contribution is -2.15. The zero-order valence-electron chi connectivity index (χ0n) is 10.8. The number of carbonyl (C=O) groups excluding carboxylic acids is 1. The number of anilines is 1. The highest BCUT2D eigenvalue weighted by atomic mass is 35.5. The molecule has 1 aromatic carbocycles. The molecule has 0 aliphatic rings. The third-order valence-electron chi connectivity index (χ3n) is 2.25. The second-order valence-electron chi connectivity index (χ2n) is 4.12. The Morgan fingerprint density at radius 3 is 2.44 bits per heavy atom. The van der Waals surface area contributed by atoms with Crippen molar-refractivity contribution < 1.29 is 9.53 Å². The first-order valence-corrected chi connectivity index (χ1v) is 5.82. The van der Waals surface area contributed by atoms with Crippen LogP contribution < -0.4 is 11.1 Å². The molecular weight excluding hydrogens is 252 g/mol. The Bertz CT molecular complexity index is 353. The Kier molecular flexibility index (Phi) is 8.37. The molecule has 1 rings (SSSR count). The summed E-state index contributed by atoms with van der Waals surface area (Å²) in [6.07, 6.45) is 0.531. The topological polar surface area (TPSA) is 64.3 Å². The molecule has 1 aromatic rings. The summed E-state index contributed by atoms with van der Waals surface area (Å²) >= 11 is 0. The van der Waals surface area contributed by atoms with Crippen LogP contribution in [0.2, 0.25) is 0 Å². The Labute approximate surface area is 114 Å². The van der Waals surface area contributed by atoms with E-state index in [1.165, 1.54) is 0 Å². The van der Waals surface area contributed by atoms with E-state index in [1.807, 2.05) is 38.1 Å². The highest BCUT2D eigenvalue weighted by molar-refractivity contribution is 5.90. The number of rotatable bonds is 6. The summed E-state index contributed by atoms with van der Waals surface area (Å²) in [5, 5.41) is 2.81. The normalized spacial score (nSPS) is 10.0. The van der Waals surface area contributed by atoms with Gasteiger partial charge in [0.1, 0.15) is 0 Å². The van der Waals surface area contributed by atoms with Gasteiger partial charge in [-0.2, -0.15) is 0 Å². The molecule has 18 heavy (non-hydrogen) atoms. The third-order valence-corrected chi connectivity index (χ3v) is 2.25. The van der Waals surface area contributed by atoms with E-state index < -0.39 is 0 Å². The summed E-state index contributed by atoms with van der Waals surface area (Å²) in [6.45, 7) is 4.85. The minimum atomic E-state index is -0.0360. The molecule has 0 aliphatic carbocycles. The number of benzene rings is 1. The van der Waals surface area contributed by atoms with Crippen molar-refractivity contribution in [2.24, 2.45) is 5.73 Å². The Balaban J connectivity index is 0.00000289. The molecule has 0 heterocycles. The molecule has 0 saturated carbocycles. The third kappa shape index (κ3) is 6.59. The minimum absolute atomic E-state index is 0. The van der Waals surface area contributed by atoms with Gasteiger partial charge in [0.2, 0.25) is 5.91 Å².